The van der Waals surface area contributed by atoms with Crippen LogP contribution in [0.4, 0.5) is 0 Å². The van der Waals surface area contributed by atoms with Crippen LogP contribution in [-0.4, -0.2) is 35.2 Å². The average molecular weight is 479 g/mol. The van der Waals surface area contributed by atoms with E-state index in [1.54, 1.807) is 12.0 Å². The van der Waals surface area contributed by atoms with Gasteiger partial charge in [0.2, 0.25) is 0 Å². The third-order valence-corrected chi connectivity index (χ3v) is 6.26. The first-order valence-corrected chi connectivity index (χ1v) is 12.4. The van der Waals surface area contributed by atoms with Crippen LogP contribution in [0.25, 0.3) is 6.08 Å². The predicted molar refractivity (Wildman–Crippen MR) is 143 cm³/mol. The number of rotatable bonds is 9. The smallest absolute Gasteiger partial charge is 0.266 e. The first kappa shape index (κ1) is 25.6. The van der Waals surface area contributed by atoms with Crippen molar-refractivity contribution in [3.05, 3.63) is 76.2 Å². The van der Waals surface area contributed by atoms with Crippen molar-refractivity contribution in [1.29, 1.82) is 0 Å². The molecule has 0 unspecified atom stereocenters. The maximum absolute atomic E-state index is 13.1. The van der Waals surface area contributed by atoms with Gasteiger partial charge in [0.1, 0.15) is 6.61 Å². The van der Waals surface area contributed by atoms with Gasteiger partial charge in [0.15, 0.2) is 16.7 Å². The van der Waals surface area contributed by atoms with Crippen LogP contribution in [0.2, 0.25) is 0 Å². The van der Waals surface area contributed by atoms with Gasteiger partial charge in [-0.3, -0.25) is 14.7 Å². The predicted octanol–water partition coefficient (Wildman–Crippen LogP) is 6.40. The Kier molecular flexibility index (Phi) is 8.61. The second-order valence-electron chi connectivity index (χ2n) is 8.86. The van der Waals surface area contributed by atoms with E-state index in [1.807, 2.05) is 52.0 Å². The lowest BCUT2D eigenvalue weighted by Gasteiger charge is -2.20. The maximum Gasteiger partial charge on any atom is 0.266 e. The molecule has 0 N–H and O–H groups in total. The summed E-state index contributed by atoms with van der Waals surface area (Å²) < 4.78 is 11.9. The first-order chi connectivity index (χ1) is 16.2. The first-order valence-electron chi connectivity index (χ1n) is 11.5. The number of aryl methyl sites for hydroxylation is 1. The Labute approximate surface area is 207 Å². The molecule has 6 heteroatoms. The Balaban J connectivity index is 1.95. The van der Waals surface area contributed by atoms with Crippen LogP contribution >= 0.6 is 11.8 Å². The number of hydrogen-bond donors (Lipinski definition) is 0. The second kappa shape index (κ2) is 11.4. The second-order valence-corrected chi connectivity index (χ2v) is 9.87. The van der Waals surface area contributed by atoms with E-state index in [2.05, 4.69) is 42.8 Å². The lowest BCUT2D eigenvalue weighted by atomic mass is 10.0. The Morgan fingerprint density at radius 3 is 2.44 bits per heavy atom. The van der Waals surface area contributed by atoms with Gasteiger partial charge >= 0.3 is 0 Å². The van der Waals surface area contributed by atoms with Crippen LogP contribution in [0.15, 0.2) is 59.0 Å². The topological polar surface area (TPSA) is 51.1 Å². The van der Waals surface area contributed by atoms with Crippen LogP contribution in [-0.2, 0) is 17.8 Å². The minimum absolute atomic E-state index is 0.0247. The summed E-state index contributed by atoms with van der Waals surface area (Å²) in [6.07, 6.45) is 4.37. The number of carbonyl (C=O) groups is 1. The normalized spacial score (nSPS) is 16.2. The summed E-state index contributed by atoms with van der Waals surface area (Å²) in [6, 6.07) is 12.4. The molecule has 0 spiro atoms. The third kappa shape index (κ3) is 6.11. The average Bonchev–Trinajstić information content (AvgIpc) is 3.08. The Bertz CT molecular complexity index is 1100. The van der Waals surface area contributed by atoms with E-state index < -0.39 is 0 Å². The van der Waals surface area contributed by atoms with Gasteiger partial charge in [0, 0.05) is 17.6 Å². The molecule has 2 aromatic carbocycles. The summed E-state index contributed by atoms with van der Waals surface area (Å²) in [5.74, 6) is 1.30. The molecule has 180 valence electrons. The number of amides is 1. The van der Waals surface area contributed by atoms with Gasteiger partial charge < -0.3 is 9.47 Å². The molecular weight excluding hydrogens is 444 g/mol. The van der Waals surface area contributed by atoms with Crippen LogP contribution < -0.4 is 9.47 Å². The van der Waals surface area contributed by atoms with Gasteiger partial charge in [-0.25, -0.2) is 0 Å². The quantitative estimate of drug-likeness (QED) is 0.309. The Morgan fingerprint density at radius 1 is 1.15 bits per heavy atom. The zero-order valence-electron chi connectivity index (χ0n) is 20.9. The lowest BCUT2D eigenvalue weighted by Crippen LogP contribution is -2.35. The maximum atomic E-state index is 13.1. The number of allylic oxidation sites excluding steroid dienone is 1. The molecule has 0 saturated carbocycles. The minimum atomic E-state index is -0.0247. The Morgan fingerprint density at radius 2 is 1.85 bits per heavy atom. The van der Waals surface area contributed by atoms with E-state index >= 15 is 0 Å². The minimum Gasteiger partial charge on any atom is -0.493 e. The van der Waals surface area contributed by atoms with E-state index in [-0.39, 0.29) is 18.0 Å². The monoisotopic (exact) mass is 478 g/mol. The fourth-order valence-corrected chi connectivity index (χ4v) is 4.87. The van der Waals surface area contributed by atoms with Crippen molar-refractivity contribution in [3.63, 3.8) is 0 Å². The molecule has 1 heterocycles. The number of benzene rings is 2. The molecule has 1 amide bonds. The van der Waals surface area contributed by atoms with Crippen LogP contribution in [0, 0.1) is 6.92 Å². The third-order valence-electron chi connectivity index (χ3n) is 5.26. The molecule has 0 bridgehead atoms. The van der Waals surface area contributed by atoms with Crippen molar-refractivity contribution in [2.24, 2.45) is 4.99 Å². The van der Waals surface area contributed by atoms with Crippen molar-refractivity contribution in [3.8, 4) is 11.5 Å². The summed E-state index contributed by atoms with van der Waals surface area (Å²) in [5, 5.41) is 0.748. The molecule has 0 radical (unpaired) electrons. The van der Waals surface area contributed by atoms with E-state index in [9.17, 15) is 4.79 Å². The molecule has 0 atom stereocenters. The van der Waals surface area contributed by atoms with Gasteiger partial charge in [0.25, 0.3) is 5.91 Å². The van der Waals surface area contributed by atoms with E-state index in [1.165, 1.54) is 17.3 Å². The molecule has 1 saturated heterocycles. The molecule has 1 fully saturated rings. The van der Waals surface area contributed by atoms with E-state index in [0.717, 1.165) is 21.9 Å². The molecule has 34 heavy (non-hydrogen) atoms. The van der Waals surface area contributed by atoms with E-state index in [4.69, 9.17) is 9.47 Å². The molecule has 2 aromatic rings. The lowest BCUT2D eigenvalue weighted by molar-refractivity contribution is -0.123. The van der Waals surface area contributed by atoms with Crippen LogP contribution in [0.5, 0.6) is 11.5 Å². The SMILES string of the molecule is C=CCc1cc(/C=C2/SC(=NC(C)C)N(C(C)C)C2=O)cc(OC)c1OCc1ccc(C)cc1. The number of ether oxygens (including phenoxy) is 2. The van der Waals surface area contributed by atoms with Crippen LogP contribution in [0.3, 0.4) is 0 Å². The standard InChI is InChI=1S/C28H34N2O3S/c1-8-9-23-14-22(16-25-27(31)30(19(4)5)28(34-25)29-18(2)3)15-24(32-7)26(23)33-17-21-12-10-20(6)11-13-21/h8,10-16,18-19H,1,9,17H2,2-7H3/b25-16+,29-28?. The van der Waals surface area contributed by atoms with Crippen molar-refractivity contribution >= 4 is 28.9 Å². The van der Waals surface area contributed by atoms with Crippen LogP contribution in [0.1, 0.15) is 49.9 Å². The fraction of sp³-hybridized carbons (Fsp3) is 0.357. The van der Waals surface area contributed by atoms with Crippen molar-refractivity contribution in [1.82, 2.24) is 4.90 Å². The molecule has 1 aliphatic rings. The molecule has 5 nitrogen and oxygen atoms in total. The van der Waals surface area contributed by atoms with Gasteiger partial charge in [-0.15, -0.1) is 6.58 Å². The van der Waals surface area contributed by atoms with E-state index in [0.29, 0.717) is 29.4 Å². The van der Waals surface area contributed by atoms with Gasteiger partial charge in [-0.1, -0.05) is 35.9 Å². The molecule has 0 aliphatic carbocycles. The van der Waals surface area contributed by atoms with Gasteiger partial charge in [0.05, 0.1) is 12.0 Å². The number of carbonyl (C=O) groups excluding carboxylic acids is 1. The summed E-state index contributed by atoms with van der Waals surface area (Å²) in [6.45, 7) is 14.4. The Hall–Kier alpha value is -2.99. The molecule has 3 rings (SSSR count). The highest BCUT2D eigenvalue weighted by molar-refractivity contribution is 8.18. The highest BCUT2D eigenvalue weighted by atomic mass is 32.2. The zero-order valence-corrected chi connectivity index (χ0v) is 21.7. The number of thioether (sulfide) groups is 1. The van der Waals surface area contributed by atoms with Crippen molar-refractivity contribution in [2.75, 3.05) is 7.11 Å². The number of nitrogens with zero attached hydrogens (tertiary/aromatic N) is 2. The molecule has 1 aliphatic heterocycles. The highest BCUT2D eigenvalue weighted by Crippen LogP contribution is 2.38. The summed E-state index contributed by atoms with van der Waals surface area (Å²) in [4.78, 5) is 20.2. The number of hydrogen-bond acceptors (Lipinski definition) is 5. The number of amidine groups is 1. The molecule has 0 aromatic heterocycles. The van der Waals surface area contributed by atoms with Crippen molar-refractivity contribution in [2.45, 2.75) is 59.7 Å². The fourth-order valence-electron chi connectivity index (χ4n) is 3.63. The number of methoxy groups -OCH3 is 1. The summed E-state index contributed by atoms with van der Waals surface area (Å²) >= 11 is 1.42. The highest BCUT2D eigenvalue weighted by Gasteiger charge is 2.35. The zero-order chi connectivity index (χ0) is 24.8. The summed E-state index contributed by atoms with van der Waals surface area (Å²) in [5.41, 5.74) is 4.13. The van der Waals surface area contributed by atoms with Gasteiger partial charge in [-0.2, -0.15) is 0 Å². The summed E-state index contributed by atoms with van der Waals surface area (Å²) in [7, 11) is 1.63. The number of aliphatic imine (C=N–C) groups is 1. The largest absolute Gasteiger partial charge is 0.493 e. The van der Waals surface area contributed by atoms with Crippen molar-refractivity contribution < 1.29 is 14.3 Å². The molecular formula is C28H34N2O3S. The van der Waals surface area contributed by atoms with Gasteiger partial charge in [-0.05, 0) is 82.1 Å².